The molecule has 12 nitrogen and oxygen atoms in total. The zero-order valence-electron chi connectivity index (χ0n) is 31.7. The van der Waals surface area contributed by atoms with Crippen LogP contribution in [0, 0.1) is 5.92 Å². The number of carbonyl (C=O) groups excluding carboxylic acids is 5. The zero-order valence-corrected chi connectivity index (χ0v) is 31.7. The molecule has 0 saturated carbocycles. The van der Waals surface area contributed by atoms with Crippen molar-refractivity contribution >= 4 is 40.3 Å². The summed E-state index contributed by atoms with van der Waals surface area (Å²) in [7, 11) is 3.16. The van der Waals surface area contributed by atoms with Crippen molar-refractivity contribution < 1.29 is 33.4 Å². The maximum atomic E-state index is 14.5. The number of para-hydroxylation sites is 1. The molecule has 3 heterocycles. The first-order valence-electron chi connectivity index (χ1n) is 19.1. The quantitative estimate of drug-likeness (QED) is 0.166. The molecule has 286 valence electrons. The average molecular weight is 730 g/mol. The molecule has 2 fully saturated rings. The highest BCUT2D eigenvalue weighted by molar-refractivity contribution is 5.99. The van der Waals surface area contributed by atoms with Gasteiger partial charge < -0.3 is 35.3 Å². The predicted octanol–water partition coefficient (Wildman–Crippen LogP) is 5.22. The van der Waals surface area contributed by atoms with Crippen LogP contribution in [0.1, 0.15) is 90.5 Å². The van der Waals surface area contributed by atoms with Gasteiger partial charge in [-0.05, 0) is 61.8 Å². The number of piperidine rings is 1. The molecule has 1 aromatic heterocycles. The second-order valence-electron chi connectivity index (χ2n) is 14.4. The minimum Gasteiger partial charge on any atom is -0.497 e. The van der Waals surface area contributed by atoms with E-state index < -0.39 is 36.0 Å². The highest BCUT2D eigenvalue weighted by Gasteiger charge is 2.41. The molecule has 5 atom stereocenters. The van der Waals surface area contributed by atoms with Gasteiger partial charge in [0.2, 0.25) is 23.6 Å². The van der Waals surface area contributed by atoms with Crippen LogP contribution in [-0.2, 0) is 30.4 Å². The Labute approximate surface area is 312 Å². The SMILES string of the molecule is CCC(=O)CCCCC[C@@H]1NC(=O)[C@H]2CCCCN2C(=O)[C@H](C(C)CC)NC(=O)[C@H](Cc2c(-c3cc(OC)cc(OC)c3)[nH]c3ccccc23)NC1=O. The minimum atomic E-state index is -1.09. The molecular weight excluding hydrogens is 674 g/mol. The summed E-state index contributed by atoms with van der Waals surface area (Å²) in [6, 6.07) is 9.64. The summed E-state index contributed by atoms with van der Waals surface area (Å²) in [4.78, 5) is 74.0. The summed E-state index contributed by atoms with van der Waals surface area (Å²) in [5.41, 5.74) is 3.12. The van der Waals surface area contributed by atoms with Gasteiger partial charge >= 0.3 is 0 Å². The van der Waals surface area contributed by atoms with Gasteiger partial charge in [-0.15, -0.1) is 0 Å². The van der Waals surface area contributed by atoms with Crippen LogP contribution in [0.15, 0.2) is 42.5 Å². The molecule has 4 N–H and O–H groups in total. The lowest BCUT2D eigenvalue weighted by Crippen LogP contribution is -2.64. The van der Waals surface area contributed by atoms with Crippen LogP contribution >= 0.6 is 0 Å². The van der Waals surface area contributed by atoms with Crippen molar-refractivity contribution in [3.63, 3.8) is 0 Å². The monoisotopic (exact) mass is 729 g/mol. The Morgan fingerprint density at radius 1 is 0.868 bits per heavy atom. The number of rotatable bonds is 14. The van der Waals surface area contributed by atoms with Crippen molar-refractivity contribution in [1.82, 2.24) is 25.8 Å². The number of ether oxygens (including phenoxy) is 2. The zero-order chi connectivity index (χ0) is 38.1. The van der Waals surface area contributed by atoms with E-state index in [1.807, 2.05) is 57.2 Å². The number of benzene rings is 2. The van der Waals surface area contributed by atoms with E-state index in [9.17, 15) is 24.0 Å². The minimum absolute atomic E-state index is 0.0873. The number of nitrogens with one attached hydrogen (secondary N) is 4. The lowest BCUT2D eigenvalue weighted by Gasteiger charge is -2.39. The summed E-state index contributed by atoms with van der Waals surface area (Å²) < 4.78 is 11.1. The number of amides is 4. The van der Waals surface area contributed by atoms with Gasteiger partial charge in [-0.2, -0.15) is 0 Å². The molecule has 53 heavy (non-hydrogen) atoms. The van der Waals surface area contributed by atoms with Gasteiger partial charge in [0.05, 0.1) is 19.9 Å². The van der Waals surface area contributed by atoms with Gasteiger partial charge in [0.1, 0.15) is 41.4 Å². The van der Waals surface area contributed by atoms with E-state index in [1.54, 1.807) is 25.2 Å². The van der Waals surface area contributed by atoms with Gasteiger partial charge in [-0.1, -0.05) is 58.2 Å². The number of nitrogens with zero attached hydrogens (tertiary/aromatic N) is 1. The lowest BCUT2D eigenvalue weighted by atomic mass is 9.92. The molecule has 2 aliphatic heterocycles. The first kappa shape index (κ1) is 39.3. The van der Waals surface area contributed by atoms with E-state index in [0.29, 0.717) is 69.4 Å². The van der Waals surface area contributed by atoms with E-state index in [2.05, 4.69) is 20.9 Å². The number of carbonyl (C=O) groups is 5. The van der Waals surface area contributed by atoms with Gasteiger partial charge in [0.15, 0.2) is 0 Å². The van der Waals surface area contributed by atoms with Gasteiger partial charge in [-0.25, -0.2) is 0 Å². The molecule has 3 aromatic rings. The smallest absolute Gasteiger partial charge is 0.246 e. The van der Waals surface area contributed by atoms with Crippen molar-refractivity contribution in [1.29, 1.82) is 0 Å². The third-order valence-electron chi connectivity index (χ3n) is 10.8. The van der Waals surface area contributed by atoms with Crippen LogP contribution < -0.4 is 25.4 Å². The van der Waals surface area contributed by atoms with E-state index in [0.717, 1.165) is 40.6 Å². The van der Waals surface area contributed by atoms with Crippen molar-refractivity contribution in [2.45, 2.75) is 116 Å². The Morgan fingerprint density at radius 3 is 2.26 bits per heavy atom. The molecule has 2 aliphatic rings. The Kier molecular flexibility index (Phi) is 13.5. The number of hydrogen-bond acceptors (Lipinski definition) is 7. The highest BCUT2D eigenvalue weighted by Crippen LogP contribution is 2.36. The fourth-order valence-electron chi connectivity index (χ4n) is 7.44. The Balaban J connectivity index is 1.55. The second-order valence-corrected chi connectivity index (χ2v) is 14.4. The van der Waals surface area contributed by atoms with E-state index in [1.165, 1.54) is 0 Å². The summed E-state index contributed by atoms with van der Waals surface area (Å²) in [6.45, 7) is 6.12. The molecule has 5 rings (SSSR count). The maximum absolute atomic E-state index is 14.5. The number of methoxy groups -OCH3 is 2. The number of aromatic nitrogens is 1. The van der Waals surface area contributed by atoms with Crippen LogP contribution in [0.4, 0.5) is 0 Å². The summed E-state index contributed by atoms with van der Waals surface area (Å²) in [5.74, 6) is -0.456. The van der Waals surface area contributed by atoms with Crippen molar-refractivity contribution in [2.24, 2.45) is 5.92 Å². The Morgan fingerprint density at radius 2 is 1.57 bits per heavy atom. The van der Waals surface area contributed by atoms with Crippen molar-refractivity contribution in [3.8, 4) is 22.8 Å². The number of ketones is 1. The number of hydrogen-bond donors (Lipinski definition) is 4. The Bertz CT molecular complexity index is 1760. The molecular formula is C41H55N5O7. The largest absolute Gasteiger partial charge is 0.497 e. The molecule has 1 unspecified atom stereocenters. The molecule has 2 aromatic carbocycles. The molecule has 0 aliphatic carbocycles. The predicted molar refractivity (Wildman–Crippen MR) is 204 cm³/mol. The van der Waals surface area contributed by atoms with Crippen LogP contribution in [0.5, 0.6) is 11.5 Å². The number of unbranched alkanes of at least 4 members (excludes halogenated alkanes) is 2. The fraction of sp³-hybridized carbons (Fsp3) is 0.537. The molecule has 0 radical (unpaired) electrons. The Hall–Kier alpha value is -4.87. The molecule has 0 spiro atoms. The van der Waals surface area contributed by atoms with E-state index in [-0.39, 0.29) is 29.9 Å². The van der Waals surface area contributed by atoms with Crippen molar-refractivity contribution in [2.75, 3.05) is 20.8 Å². The van der Waals surface area contributed by atoms with E-state index in [4.69, 9.17) is 9.47 Å². The normalized spacial score (nSPS) is 21.8. The van der Waals surface area contributed by atoms with Gasteiger partial charge in [-0.3, -0.25) is 24.0 Å². The first-order chi connectivity index (χ1) is 25.6. The summed E-state index contributed by atoms with van der Waals surface area (Å²) >= 11 is 0. The van der Waals surface area contributed by atoms with Crippen molar-refractivity contribution in [3.05, 3.63) is 48.0 Å². The fourth-order valence-corrected chi connectivity index (χ4v) is 7.44. The second kappa shape index (κ2) is 18.3. The summed E-state index contributed by atoms with van der Waals surface area (Å²) in [6.07, 6.45) is 6.00. The highest BCUT2D eigenvalue weighted by atomic mass is 16.5. The standard InChI is InChI=1S/C41H55N5O7/c1-6-25(3)36-41(51)46-20-14-13-19-35(46)40(50)43-33(18-10-8-9-15-27(47)7-2)38(48)44-34(39(49)45-36)24-31-30-16-11-12-17-32(30)42-37(31)26-21-28(52-4)23-29(22-26)53-5/h11-12,16-17,21-23,25,33-36,42H,6-10,13-15,18-20,24H2,1-5H3,(H,43,50)(H,44,48)(H,45,49)/t25?,33-,34-,35+,36-/m0/s1. The number of aromatic amines is 1. The number of fused-ring (bicyclic) bond motifs is 2. The number of Topliss-reactive ketones (excluding diaryl/α,β-unsaturated/α-hetero) is 1. The van der Waals surface area contributed by atoms with Crippen LogP contribution in [0.25, 0.3) is 22.2 Å². The van der Waals surface area contributed by atoms with E-state index >= 15 is 0 Å². The molecule has 12 heteroatoms. The molecule has 2 saturated heterocycles. The first-order valence-corrected chi connectivity index (χ1v) is 19.1. The van der Waals surface area contributed by atoms with Gasteiger partial charge in [0.25, 0.3) is 0 Å². The van der Waals surface area contributed by atoms with Gasteiger partial charge in [0, 0.05) is 48.3 Å². The topological polar surface area (TPSA) is 159 Å². The van der Waals surface area contributed by atoms with Crippen LogP contribution in [0.3, 0.4) is 0 Å². The third-order valence-corrected chi connectivity index (χ3v) is 10.8. The average Bonchev–Trinajstić information content (AvgIpc) is 3.55. The number of H-pyrrole nitrogens is 1. The molecule has 4 amide bonds. The summed E-state index contributed by atoms with van der Waals surface area (Å²) in [5, 5.41) is 9.90. The molecule has 0 bridgehead atoms. The van der Waals surface area contributed by atoms with Crippen LogP contribution in [-0.4, -0.2) is 84.2 Å². The maximum Gasteiger partial charge on any atom is 0.246 e. The third kappa shape index (κ3) is 9.39. The lowest BCUT2D eigenvalue weighted by molar-refractivity contribution is -0.147. The van der Waals surface area contributed by atoms with Crippen LogP contribution in [0.2, 0.25) is 0 Å².